The van der Waals surface area contributed by atoms with Gasteiger partial charge in [0.05, 0.1) is 18.6 Å². The Morgan fingerprint density at radius 1 is 1.04 bits per heavy atom. The molecule has 0 spiro atoms. The molecular formula is C18H33Cl2FN2O3. The van der Waals surface area contributed by atoms with Gasteiger partial charge < -0.3 is 9.47 Å². The number of halogens is 3. The zero-order chi connectivity index (χ0) is 16.9. The monoisotopic (exact) mass is 414 g/mol. The molecule has 3 aliphatic rings. The molecule has 5 nitrogen and oxygen atoms in total. The van der Waals surface area contributed by atoms with Crippen LogP contribution >= 0.6 is 24.8 Å². The molecule has 2 heterocycles. The first-order valence-electron chi connectivity index (χ1n) is 9.61. The second-order valence-electron chi connectivity index (χ2n) is 7.31. The van der Waals surface area contributed by atoms with Gasteiger partial charge in [-0.25, -0.2) is 4.39 Å². The first-order valence-corrected chi connectivity index (χ1v) is 9.61. The molecule has 8 heteroatoms. The minimum Gasteiger partial charge on any atom is -0.466 e. The lowest BCUT2D eigenvalue weighted by Crippen LogP contribution is -2.50. The third-order valence-electron chi connectivity index (χ3n) is 5.54. The molecule has 1 aliphatic carbocycles. The van der Waals surface area contributed by atoms with Crippen molar-refractivity contribution in [2.75, 3.05) is 32.8 Å². The number of esters is 1. The van der Waals surface area contributed by atoms with Crippen LogP contribution in [0, 0.1) is 5.92 Å². The molecule has 0 aromatic heterocycles. The number of alkyl halides is 1. The van der Waals surface area contributed by atoms with Crippen molar-refractivity contribution in [2.45, 2.75) is 70.5 Å². The normalized spacial score (nSPS) is 31.1. The van der Waals surface area contributed by atoms with Crippen molar-refractivity contribution < 1.29 is 18.7 Å². The summed E-state index contributed by atoms with van der Waals surface area (Å²) in [6.07, 6.45) is 5.81. The lowest BCUT2D eigenvalue weighted by molar-refractivity contribution is -0.180. The number of ether oxygens (including phenoxy) is 2. The van der Waals surface area contributed by atoms with E-state index in [0.717, 1.165) is 45.3 Å². The number of nitrogens with zero attached hydrogens (tertiary/aromatic N) is 2. The van der Waals surface area contributed by atoms with E-state index in [1.165, 1.54) is 12.8 Å². The van der Waals surface area contributed by atoms with Gasteiger partial charge in [-0.05, 0) is 51.9 Å². The Kier molecular flexibility index (Phi) is 10.7. The van der Waals surface area contributed by atoms with Crippen LogP contribution in [-0.4, -0.2) is 67.2 Å². The standard InChI is InChI=1S/C18H31FN2O3.2ClH/c1-2-23-17(22)14-5-7-16(8-6-14)24-18(20-10-3-4-11-20)21-12-9-15(19)13-21;;/h14-16,18H,2-13H2,1H3;2*1H/t14?,15-,16?,18?;;/m0../s1. The van der Waals surface area contributed by atoms with Crippen LogP contribution in [0.1, 0.15) is 51.9 Å². The summed E-state index contributed by atoms with van der Waals surface area (Å²) in [5.74, 6) is -0.0381. The summed E-state index contributed by atoms with van der Waals surface area (Å²) in [5, 5.41) is 0. The highest BCUT2D eigenvalue weighted by Gasteiger charge is 2.36. The Labute approximate surface area is 168 Å². The molecule has 2 atom stereocenters. The summed E-state index contributed by atoms with van der Waals surface area (Å²) >= 11 is 0. The Bertz CT molecular complexity index is 419. The van der Waals surface area contributed by atoms with E-state index in [0.29, 0.717) is 19.6 Å². The van der Waals surface area contributed by atoms with E-state index in [9.17, 15) is 9.18 Å². The zero-order valence-corrected chi connectivity index (χ0v) is 17.2. The summed E-state index contributed by atoms with van der Waals surface area (Å²) < 4.78 is 25.2. The maximum atomic E-state index is 13.6. The van der Waals surface area contributed by atoms with Crippen molar-refractivity contribution in [1.82, 2.24) is 9.80 Å². The number of hydrogen-bond donors (Lipinski definition) is 0. The SMILES string of the molecule is CCOC(=O)C1CCC(OC(N2CCCC2)N2CC[C@H](F)C2)CC1.Cl.Cl. The largest absolute Gasteiger partial charge is 0.466 e. The average Bonchev–Trinajstić information content (AvgIpc) is 3.25. The van der Waals surface area contributed by atoms with E-state index in [1.54, 1.807) is 0 Å². The fraction of sp³-hybridized carbons (Fsp3) is 0.944. The fourth-order valence-corrected chi connectivity index (χ4v) is 4.18. The molecule has 2 aliphatic heterocycles. The first-order chi connectivity index (χ1) is 11.7. The molecule has 1 unspecified atom stereocenters. The summed E-state index contributed by atoms with van der Waals surface area (Å²) in [7, 11) is 0. The number of hydrogen-bond acceptors (Lipinski definition) is 5. The highest BCUT2D eigenvalue weighted by atomic mass is 35.5. The number of carbonyl (C=O) groups excluding carboxylic acids is 1. The van der Waals surface area contributed by atoms with Crippen molar-refractivity contribution in [3.05, 3.63) is 0 Å². The van der Waals surface area contributed by atoms with Gasteiger partial charge >= 0.3 is 5.97 Å². The molecule has 0 N–H and O–H groups in total. The predicted molar refractivity (Wildman–Crippen MR) is 104 cm³/mol. The molecular weight excluding hydrogens is 382 g/mol. The first kappa shape index (κ1) is 23.9. The van der Waals surface area contributed by atoms with Gasteiger partial charge in [-0.3, -0.25) is 14.6 Å². The minimum atomic E-state index is -0.724. The van der Waals surface area contributed by atoms with Gasteiger partial charge in [0, 0.05) is 26.2 Å². The molecule has 3 rings (SSSR count). The second-order valence-corrected chi connectivity index (χ2v) is 7.31. The molecule has 0 aromatic rings. The van der Waals surface area contributed by atoms with Gasteiger partial charge in [-0.1, -0.05) is 0 Å². The number of carbonyl (C=O) groups is 1. The number of likely N-dealkylation sites (tertiary alicyclic amines) is 2. The van der Waals surface area contributed by atoms with E-state index < -0.39 is 6.17 Å². The molecule has 154 valence electrons. The topological polar surface area (TPSA) is 42.0 Å². The smallest absolute Gasteiger partial charge is 0.308 e. The fourth-order valence-electron chi connectivity index (χ4n) is 4.18. The lowest BCUT2D eigenvalue weighted by Gasteiger charge is -2.38. The van der Waals surface area contributed by atoms with Crippen LogP contribution in [-0.2, 0) is 14.3 Å². The average molecular weight is 415 g/mol. The maximum Gasteiger partial charge on any atom is 0.308 e. The van der Waals surface area contributed by atoms with Crippen LogP contribution in [0.25, 0.3) is 0 Å². The predicted octanol–water partition coefficient (Wildman–Crippen LogP) is 3.39. The molecule has 26 heavy (non-hydrogen) atoms. The highest BCUT2D eigenvalue weighted by molar-refractivity contribution is 5.85. The Morgan fingerprint density at radius 3 is 2.23 bits per heavy atom. The molecule has 0 amide bonds. The van der Waals surface area contributed by atoms with Gasteiger partial charge in [0.2, 0.25) is 0 Å². The van der Waals surface area contributed by atoms with Gasteiger partial charge in [-0.15, -0.1) is 24.8 Å². The lowest BCUT2D eigenvalue weighted by atomic mass is 9.87. The van der Waals surface area contributed by atoms with Crippen molar-refractivity contribution >= 4 is 30.8 Å². The summed E-state index contributed by atoms with van der Waals surface area (Å²) in [4.78, 5) is 16.4. The van der Waals surface area contributed by atoms with E-state index >= 15 is 0 Å². The number of rotatable bonds is 6. The molecule has 3 fully saturated rings. The third kappa shape index (κ3) is 6.20. The maximum absolute atomic E-state index is 13.6. The summed E-state index contributed by atoms with van der Waals surface area (Å²) in [6.45, 7) is 5.64. The molecule has 0 bridgehead atoms. The van der Waals surface area contributed by atoms with Crippen molar-refractivity contribution in [1.29, 1.82) is 0 Å². The minimum absolute atomic E-state index is 0. The third-order valence-corrected chi connectivity index (χ3v) is 5.54. The van der Waals surface area contributed by atoms with Crippen LogP contribution in [0.15, 0.2) is 0 Å². The zero-order valence-electron chi connectivity index (χ0n) is 15.6. The van der Waals surface area contributed by atoms with Gasteiger partial charge in [0.1, 0.15) is 6.17 Å². The van der Waals surface area contributed by atoms with Crippen LogP contribution in [0.2, 0.25) is 0 Å². The van der Waals surface area contributed by atoms with E-state index in [1.807, 2.05) is 6.92 Å². The van der Waals surface area contributed by atoms with Crippen LogP contribution < -0.4 is 0 Å². The van der Waals surface area contributed by atoms with E-state index in [-0.39, 0.29) is 49.2 Å². The van der Waals surface area contributed by atoms with E-state index in [2.05, 4.69) is 9.80 Å². The molecule has 0 radical (unpaired) electrons. The quantitative estimate of drug-likeness (QED) is 0.623. The molecule has 1 saturated carbocycles. The Hall–Kier alpha value is -0.140. The van der Waals surface area contributed by atoms with Crippen molar-refractivity contribution in [3.63, 3.8) is 0 Å². The van der Waals surface area contributed by atoms with Crippen LogP contribution in [0.5, 0.6) is 0 Å². The van der Waals surface area contributed by atoms with Crippen molar-refractivity contribution in [3.8, 4) is 0 Å². The van der Waals surface area contributed by atoms with Gasteiger partial charge in [0.15, 0.2) is 6.35 Å². The molecule has 2 saturated heterocycles. The summed E-state index contributed by atoms with van der Waals surface area (Å²) in [5.41, 5.74) is 0. The van der Waals surface area contributed by atoms with E-state index in [4.69, 9.17) is 9.47 Å². The van der Waals surface area contributed by atoms with Gasteiger partial charge in [-0.2, -0.15) is 0 Å². The highest BCUT2D eigenvalue weighted by Crippen LogP contribution is 2.30. The van der Waals surface area contributed by atoms with Crippen molar-refractivity contribution in [2.24, 2.45) is 5.92 Å². The summed E-state index contributed by atoms with van der Waals surface area (Å²) in [6, 6.07) is 0. The second kappa shape index (κ2) is 11.6. The molecule has 0 aromatic carbocycles. The Balaban J connectivity index is 0.00000169. The van der Waals surface area contributed by atoms with Gasteiger partial charge in [0.25, 0.3) is 0 Å². The van der Waals surface area contributed by atoms with Crippen LogP contribution in [0.4, 0.5) is 4.39 Å². The Morgan fingerprint density at radius 2 is 1.69 bits per heavy atom. The van der Waals surface area contributed by atoms with Crippen LogP contribution in [0.3, 0.4) is 0 Å².